The minimum absolute atomic E-state index is 0.353. The van der Waals surface area contributed by atoms with Gasteiger partial charge in [0.2, 0.25) is 0 Å². The third-order valence-electron chi connectivity index (χ3n) is 10.8. The van der Waals surface area contributed by atoms with E-state index in [0.29, 0.717) is 11.3 Å². The predicted octanol–water partition coefficient (Wildman–Crippen LogP) is 5.42. The molecule has 5 heteroatoms. The second kappa shape index (κ2) is 8.11. The van der Waals surface area contributed by atoms with Crippen LogP contribution in [0.4, 0.5) is 0 Å². The lowest BCUT2D eigenvalue weighted by Crippen LogP contribution is -2.51. The van der Waals surface area contributed by atoms with Gasteiger partial charge < -0.3 is 5.11 Å². The summed E-state index contributed by atoms with van der Waals surface area (Å²) in [5.41, 5.74) is 0.140. The van der Waals surface area contributed by atoms with Gasteiger partial charge in [0.05, 0.1) is 5.60 Å². The fraction of sp³-hybridized carbons (Fsp3) is 0.962. The number of rotatable bonds is 5. The highest BCUT2D eigenvalue weighted by Crippen LogP contribution is 2.65. The average Bonchev–Trinajstić information content (AvgIpc) is 3.30. The summed E-state index contributed by atoms with van der Waals surface area (Å²) in [6.45, 7) is 10.3. The van der Waals surface area contributed by atoms with Gasteiger partial charge >= 0.3 is 0 Å². The van der Waals surface area contributed by atoms with Crippen molar-refractivity contribution in [3.8, 4) is 0 Å². The molecule has 1 N–H and O–H groups in total. The molecule has 2 unspecified atom stereocenters. The Bertz CT molecular complexity index is 779. The molecule has 0 radical (unpaired) electrons. The van der Waals surface area contributed by atoms with Crippen LogP contribution in [0.3, 0.4) is 0 Å². The summed E-state index contributed by atoms with van der Waals surface area (Å²) in [6.07, 6.45) is 14.0. The minimum atomic E-state index is -0.353. The van der Waals surface area contributed by atoms with Crippen molar-refractivity contribution in [2.24, 2.45) is 46.8 Å². The quantitative estimate of drug-likeness (QED) is 0.680. The molecule has 4 aliphatic rings. The van der Waals surface area contributed by atoms with Gasteiger partial charge in [0.25, 0.3) is 0 Å². The average molecular weight is 429 g/mol. The van der Waals surface area contributed by atoms with Crippen molar-refractivity contribution in [2.45, 2.75) is 110 Å². The monoisotopic (exact) mass is 428 g/mol. The van der Waals surface area contributed by atoms with Gasteiger partial charge in [-0.05, 0) is 128 Å². The number of aliphatic hydroxyl groups is 1. The van der Waals surface area contributed by atoms with Crippen molar-refractivity contribution in [1.29, 1.82) is 0 Å². The largest absolute Gasteiger partial charge is 0.390 e. The highest BCUT2D eigenvalue weighted by Gasteiger charge is 2.58. The van der Waals surface area contributed by atoms with E-state index in [2.05, 4.69) is 36.3 Å². The molecule has 174 valence electrons. The van der Waals surface area contributed by atoms with E-state index in [1.807, 2.05) is 11.6 Å². The summed E-state index contributed by atoms with van der Waals surface area (Å²) >= 11 is 0. The second-order valence-electron chi connectivity index (χ2n) is 12.3. The van der Waals surface area contributed by atoms with E-state index < -0.39 is 0 Å². The number of tetrazole rings is 1. The topological polar surface area (TPSA) is 63.8 Å². The Hall–Kier alpha value is -0.970. The first-order chi connectivity index (χ1) is 14.8. The van der Waals surface area contributed by atoms with Crippen molar-refractivity contribution < 1.29 is 5.11 Å². The maximum atomic E-state index is 11.1. The number of aromatic nitrogens is 4. The van der Waals surface area contributed by atoms with Crippen LogP contribution in [0, 0.1) is 53.8 Å². The van der Waals surface area contributed by atoms with Crippen LogP contribution in [-0.4, -0.2) is 30.9 Å². The molecule has 5 rings (SSSR count). The van der Waals surface area contributed by atoms with E-state index in [4.69, 9.17) is 0 Å². The fourth-order valence-electron chi connectivity index (χ4n) is 9.45. The summed E-state index contributed by atoms with van der Waals surface area (Å²) in [5.74, 6) is 6.81. The third kappa shape index (κ3) is 3.67. The van der Waals surface area contributed by atoms with E-state index in [9.17, 15) is 5.11 Å². The summed E-state index contributed by atoms with van der Waals surface area (Å²) in [7, 11) is 0. The molecule has 1 aromatic rings. The zero-order valence-electron chi connectivity index (χ0n) is 20.3. The molecule has 31 heavy (non-hydrogen) atoms. The molecule has 1 heterocycles. The Morgan fingerprint density at radius 2 is 1.87 bits per heavy atom. The maximum absolute atomic E-state index is 11.1. The zero-order chi connectivity index (χ0) is 21.8. The second-order valence-corrected chi connectivity index (χ2v) is 12.3. The smallest absolute Gasteiger partial charge is 0.148 e. The Morgan fingerprint density at radius 1 is 1.06 bits per heavy atom. The molecule has 1 aromatic heterocycles. The van der Waals surface area contributed by atoms with Crippen LogP contribution in [0.1, 0.15) is 97.2 Å². The first-order valence-electron chi connectivity index (χ1n) is 13.3. The van der Waals surface area contributed by atoms with E-state index in [-0.39, 0.29) is 5.60 Å². The highest BCUT2D eigenvalue weighted by atomic mass is 16.3. The Kier molecular flexibility index (Phi) is 5.72. The van der Waals surface area contributed by atoms with Gasteiger partial charge in [0, 0.05) is 6.54 Å². The van der Waals surface area contributed by atoms with Crippen LogP contribution in [0.5, 0.6) is 0 Å². The molecule has 9 atom stereocenters. The summed E-state index contributed by atoms with van der Waals surface area (Å²) in [6, 6.07) is 0. The van der Waals surface area contributed by atoms with Crippen molar-refractivity contribution in [2.75, 3.05) is 0 Å². The van der Waals surface area contributed by atoms with E-state index in [1.165, 1.54) is 44.9 Å². The predicted molar refractivity (Wildman–Crippen MR) is 122 cm³/mol. The lowest BCUT2D eigenvalue weighted by Gasteiger charge is -2.57. The van der Waals surface area contributed by atoms with E-state index >= 15 is 0 Å². The lowest BCUT2D eigenvalue weighted by atomic mass is 9.48. The molecule has 4 fully saturated rings. The van der Waals surface area contributed by atoms with Crippen molar-refractivity contribution in [1.82, 2.24) is 20.2 Å². The number of hydrogen-bond donors (Lipinski definition) is 1. The number of nitrogens with zero attached hydrogens (tertiary/aromatic N) is 4. The molecule has 0 amide bonds. The lowest BCUT2D eigenvalue weighted by molar-refractivity contribution is -0.110. The van der Waals surface area contributed by atoms with Gasteiger partial charge in [-0.3, -0.25) is 0 Å². The summed E-state index contributed by atoms with van der Waals surface area (Å²) in [4.78, 5) is 0. The van der Waals surface area contributed by atoms with Crippen molar-refractivity contribution in [3.05, 3.63) is 5.82 Å². The SMILES string of the molecule is CCC[C@@]1(O)CC[C@H]2[C@H](CC[C@@H]3[C@@H]2CC[C@]2(C)C(C(C)Cn4nnnc4C)CC[C@@H]32)C1. The van der Waals surface area contributed by atoms with E-state index in [0.717, 1.165) is 73.6 Å². The molecule has 0 aliphatic heterocycles. The molecule has 0 spiro atoms. The van der Waals surface area contributed by atoms with Gasteiger partial charge in [-0.1, -0.05) is 27.2 Å². The Labute approximate surface area is 188 Å². The highest BCUT2D eigenvalue weighted by molar-refractivity contribution is 5.07. The molecular formula is C26H44N4O. The summed E-state index contributed by atoms with van der Waals surface area (Å²) < 4.78 is 2.01. The van der Waals surface area contributed by atoms with E-state index in [1.54, 1.807) is 0 Å². The molecule has 4 saturated carbocycles. The van der Waals surface area contributed by atoms with Crippen molar-refractivity contribution in [3.63, 3.8) is 0 Å². The first kappa shape index (κ1) is 21.9. The minimum Gasteiger partial charge on any atom is -0.390 e. The normalized spacial score (nSPS) is 45.6. The van der Waals surface area contributed by atoms with Crippen LogP contribution >= 0.6 is 0 Å². The zero-order valence-corrected chi connectivity index (χ0v) is 20.3. The van der Waals surface area contributed by atoms with Gasteiger partial charge in [0.15, 0.2) is 0 Å². The standard InChI is InChI=1S/C26H44N4O/c1-5-12-26(31)14-11-20-19(15-26)6-7-22-21(20)10-13-25(4)23(8-9-24(22)25)17(2)16-30-18(3)27-28-29-30/h17,19-24,31H,5-16H2,1-4H3/t17?,19-,20+,21-,22-,23?,24+,25-,26-/m1/s1. The molecule has 0 bridgehead atoms. The Balaban J connectivity index is 1.29. The fourth-order valence-corrected chi connectivity index (χ4v) is 9.45. The van der Waals surface area contributed by atoms with Crippen LogP contribution in [0.25, 0.3) is 0 Å². The van der Waals surface area contributed by atoms with Crippen LogP contribution < -0.4 is 0 Å². The van der Waals surface area contributed by atoms with Gasteiger partial charge in [-0.2, -0.15) is 0 Å². The van der Waals surface area contributed by atoms with Crippen molar-refractivity contribution >= 4 is 0 Å². The summed E-state index contributed by atoms with van der Waals surface area (Å²) in [5, 5.41) is 23.3. The Morgan fingerprint density at radius 3 is 2.61 bits per heavy atom. The van der Waals surface area contributed by atoms with Crippen LogP contribution in [-0.2, 0) is 6.54 Å². The molecule has 0 aromatic carbocycles. The molecular weight excluding hydrogens is 384 g/mol. The molecule has 4 aliphatic carbocycles. The van der Waals surface area contributed by atoms with Gasteiger partial charge in [0.1, 0.15) is 5.82 Å². The number of aryl methyl sites for hydroxylation is 1. The molecule has 0 saturated heterocycles. The molecule has 5 nitrogen and oxygen atoms in total. The number of fused-ring (bicyclic) bond motifs is 5. The first-order valence-corrected chi connectivity index (χ1v) is 13.3. The van der Waals surface area contributed by atoms with Gasteiger partial charge in [-0.15, -0.1) is 5.10 Å². The number of hydrogen-bond acceptors (Lipinski definition) is 4. The third-order valence-corrected chi connectivity index (χ3v) is 10.8. The maximum Gasteiger partial charge on any atom is 0.148 e. The van der Waals surface area contributed by atoms with Crippen LogP contribution in [0.15, 0.2) is 0 Å². The van der Waals surface area contributed by atoms with Gasteiger partial charge in [-0.25, -0.2) is 4.68 Å². The van der Waals surface area contributed by atoms with Crippen LogP contribution in [0.2, 0.25) is 0 Å².